The van der Waals surface area contributed by atoms with Crippen molar-refractivity contribution in [1.82, 2.24) is 0 Å². The minimum atomic E-state index is -0.188. The van der Waals surface area contributed by atoms with Gasteiger partial charge < -0.3 is 14.6 Å². The van der Waals surface area contributed by atoms with E-state index in [1.165, 1.54) is 32.1 Å². The van der Waals surface area contributed by atoms with Gasteiger partial charge in [0, 0.05) is 13.0 Å². The Morgan fingerprint density at radius 3 is 2.67 bits per heavy atom. The number of hydrogen-bond acceptors (Lipinski definition) is 3. The zero-order valence-electron chi connectivity index (χ0n) is 9.32. The average molecular weight is 212 g/mol. The lowest BCUT2D eigenvalue weighted by Gasteiger charge is -2.23. The van der Waals surface area contributed by atoms with Crippen molar-refractivity contribution in [3.63, 3.8) is 0 Å². The Morgan fingerprint density at radius 2 is 2.13 bits per heavy atom. The van der Waals surface area contributed by atoms with Crippen molar-refractivity contribution in [3.8, 4) is 0 Å². The van der Waals surface area contributed by atoms with E-state index in [1.54, 1.807) is 7.11 Å². The number of allylic oxidation sites excluding steroid dienone is 1. The molecule has 3 heteroatoms. The summed E-state index contributed by atoms with van der Waals surface area (Å²) >= 11 is 0. The van der Waals surface area contributed by atoms with Crippen molar-refractivity contribution < 1.29 is 14.6 Å². The lowest BCUT2D eigenvalue weighted by atomic mass is 9.88. The Hall–Kier alpha value is -0.540. The molecule has 0 saturated heterocycles. The molecule has 1 fully saturated rings. The molecule has 15 heavy (non-hydrogen) atoms. The standard InChI is InChI=1S/C12H20O3/c1-14-11-7-10(15-12(11)8-13)9-5-3-2-4-6-9/h7,9,11-13H,2-6,8H2,1H3/t11?,12-/m1/s1. The molecule has 0 amide bonds. The van der Waals surface area contributed by atoms with Crippen LogP contribution in [0.5, 0.6) is 0 Å². The Morgan fingerprint density at radius 1 is 1.40 bits per heavy atom. The Balaban J connectivity index is 1.97. The van der Waals surface area contributed by atoms with Crippen LogP contribution >= 0.6 is 0 Å². The second-order valence-electron chi connectivity index (χ2n) is 4.44. The van der Waals surface area contributed by atoms with Crippen molar-refractivity contribution in [3.05, 3.63) is 11.8 Å². The maximum Gasteiger partial charge on any atom is 0.151 e. The van der Waals surface area contributed by atoms with Gasteiger partial charge in [-0.3, -0.25) is 0 Å². The summed E-state index contributed by atoms with van der Waals surface area (Å²) < 4.78 is 11.0. The van der Waals surface area contributed by atoms with Crippen LogP contribution in [0.25, 0.3) is 0 Å². The lowest BCUT2D eigenvalue weighted by molar-refractivity contribution is -0.0151. The van der Waals surface area contributed by atoms with Crippen LogP contribution in [-0.4, -0.2) is 31.0 Å². The second-order valence-corrected chi connectivity index (χ2v) is 4.44. The number of aliphatic hydroxyl groups is 1. The molecule has 0 aromatic rings. The van der Waals surface area contributed by atoms with Gasteiger partial charge in [0.25, 0.3) is 0 Å². The molecule has 1 N–H and O–H groups in total. The number of rotatable bonds is 3. The minimum Gasteiger partial charge on any atom is -0.489 e. The van der Waals surface area contributed by atoms with Crippen molar-refractivity contribution in [2.75, 3.05) is 13.7 Å². The summed E-state index contributed by atoms with van der Waals surface area (Å²) in [6, 6.07) is 0. The van der Waals surface area contributed by atoms with E-state index >= 15 is 0 Å². The van der Waals surface area contributed by atoms with Gasteiger partial charge in [0.05, 0.1) is 12.4 Å². The predicted octanol–water partition coefficient (Wildman–Crippen LogP) is 1.86. The van der Waals surface area contributed by atoms with Gasteiger partial charge >= 0.3 is 0 Å². The molecule has 3 nitrogen and oxygen atoms in total. The molecule has 0 spiro atoms. The SMILES string of the molecule is COC1C=C(C2CCCCC2)O[C@@H]1CO. The maximum atomic E-state index is 9.15. The first-order chi connectivity index (χ1) is 7.35. The van der Waals surface area contributed by atoms with Crippen LogP contribution in [0.3, 0.4) is 0 Å². The summed E-state index contributed by atoms with van der Waals surface area (Å²) in [5, 5.41) is 9.15. The smallest absolute Gasteiger partial charge is 0.151 e. The van der Waals surface area contributed by atoms with Gasteiger partial charge in [-0.1, -0.05) is 19.3 Å². The largest absolute Gasteiger partial charge is 0.489 e. The molecule has 86 valence electrons. The third-order valence-corrected chi connectivity index (χ3v) is 3.44. The highest BCUT2D eigenvalue weighted by Gasteiger charge is 2.32. The fourth-order valence-electron chi connectivity index (χ4n) is 2.53. The van der Waals surface area contributed by atoms with Gasteiger partial charge in [-0.25, -0.2) is 0 Å². The van der Waals surface area contributed by atoms with E-state index in [0.29, 0.717) is 5.92 Å². The van der Waals surface area contributed by atoms with E-state index in [9.17, 15) is 0 Å². The van der Waals surface area contributed by atoms with Crippen molar-refractivity contribution in [1.29, 1.82) is 0 Å². The Kier molecular flexibility index (Phi) is 3.65. The van der Waals surface area contributed by atoms with Crippen LogP contribution in [0.4, 0.5) is 0 Å². The number of methoxy groups -OCH3 is 1. The van der Waals surface area contributed by atoms with Crippen molar-refractivity contribution >= 4 is 0 Å². The topological polar surface area (TPSA) is 38.7 Å². The van der Waals surface area contributed by atoms with Gasteiger partial charge in [0.15, 0.2) is 6.10 Å². The van der Waals surface area contributed by atoms with E-state index in [4.69, 9.17) is 14.6 Å². The third kappa shape index (κ3) is 2.34. The fraction of sp³-hybridized carbons (Fsp3) is 0.833. The summed E-state index contributed by atoms with van der Waals surface area (Å²) in [7, 11) is 1.66. The number of ether oxygens (including phenoxy) is 2. The van der Waals surface area contributed by atoms with E-state index in [1.807, 2.05) is 0 Å². The van der Waals surface area contributed by atoms with E-state index in [-0.39, 0.29) is 18.8 Å². The van der Waals surface area contributed by atoms with E-state index < -0.39 is 0 Å². The molecule has 1 unspecified atom stereocenters. The van der Waals surface area contributed by atoms with Crippen molar-refractivity contribution in [2.45, 2.75) is 44.3 Å². The molecule has 2 atom stereocenters. The average Bonchev–Trinajstić information content (AvgIpc) is 2.73. The highest BCUT2D eigenvalue weighted by molar-refractivity contribution is 5.11. The van der Waals surface area contributed by atoms with Gasteiger partial charge in [0.2, 0.25) is 0 Å². The zero-order chi connectivity index (χ0) is 10.7. The molecule has 1 heterocycles. The van der Waals surface area contributed by atoms with Crippen LogP contribution in [0, 0.1) is 5.92 Å². The van der Waals surface area contributed by atoms with Gasteiger partial charge in [-0.15, -0.1) is 0 Å². The first kappa shape index (κ1) is 11.0. The minimum absolute atomic E-state index is 0.0330. The Labute approximate surface area is 91.1 Å². The summed E-state index contributed by atoms with van der Waals surface area (Å²) in [6.45, 7) is 0.0330. The van der Waals surface area contributed by atoms with Crippen LogP contribution in [0.1, 0.15) is 32.1 Å². The van der Waals surface area contributed by atoms with Gasteiger partial charge in [-0.2, -0.15) is 0 Å². The van der Waals surface area contributed by atoms with Crippen molar-refractivity contribution in [2.24, 2.45) is 5.92 Å². The molecule has 0 bridgehead atoms. The normalized spacial score (nSPS) is 32.5. The highest BCUT2D eigenvalue weighted by atomic mass is 16.6. The first-order valence-corrected chi connectivity index (χ1v) is 5.87. The molecule has 2 rings (SSSR count). The monoisotopic (exact) mass is 212 g/mol. The van der Waals surface area contributed by atoms with E-state index in [0.717, 1.165) is 5.76 Å². The van der Waals surface area contributed by atoms with Crippen LogP contribution in [-0.2, 0) is 9.47 Å². The molecule has 2 aliphatic rings. The van der Waals surface area contributed by atoms with Gasteiger partial charge in [-0.05, 0) is 18.9 Å². The summed E-state index contributed by atoms with van der Waals surface area (Å²) in [5.74, 6) is 1.62. The second kappa shape index (κ2) is 4.99. The summed E-state index contributed by atoms with van der Waals surface area (Å²) in [5.41, 5.74) is 0. The number of aliphatic hydroxyl groups excluding tert-OH is 1. The molecular weight excluding hydrogens is 192 g/mol. The molecule has 0 aromatic heterocycles. The summed E-state index contributed by atoms with van der Waals surface area (Å²) in [4.78, 5) is 0. The number of hydrogen-bond donors (Lipinski definition) is 1. The van der Waals surface area contributed by atoms with Crippen LogP contribution < -0.4 is 0 Å². The van der Waals surface area contributed by atoms with Gasteiger partial charge in [0.1, 0.15) is 6.10 Å². The molecular formula is C12H20O3. The predicted molar refractivity (Wildman–Crippen MR) is 57.4 cm³/mol. The molecule has 1 saturated carbocycles. The lowest BCUT2D eigenvalue weighted by Crippen LogP contribution is -2.27. The van der Waals surface area contributed by atoms with Crippen LogP contribution in [0.2, 0.25) is 0 Å². The maximum absolute atomic E-state index is 9.15. The fourth-order valence-corrected chi connectivity index (χ4v) is 2.53. The quantitative estimate of drug-likeness (QED) is 0.776. The molecule has 1 aliphatic heterocycles. The molecule has 1 aliphatic carbocycles. The van der Waals surface area contributed by atoms with E-state index in [2.05, 4.69) is 6.08 Å². The Bertz CT molecular complexity index is 231. The zero-order valence-corrected chi connectivity index (χ0v) is 9.32. The molecule has 0 aromatic carbocycles. The van der Waals surface area contributed by atoms with Crippen LogP contribution in [0.15, 0.2) is 11.8 Å². The highest BCUT2D eigenvalue weighted by Crippen LogP contribution is 2.34. The summed E-state index contributed by atoms with van der Waals surface area (Å²) in [6.07, 6.45) is 8.19. The third-order valence-electron chi connectivity index (χ3n) is 3.44. The first-order valence-electron chi connectivity index (χ1n) is 5.87. The molecule has 0 radical (unpaired) electrons.